The van der Waals surface area contributed by atoms with Crippen molar-refractivity contribution in [3.63, 3.8) is 0 Å². The summed E-state index contributed by atoms with van der Waals surface area (Å²) < 4.78 is 0. The first-order valence-electron chi connectivity index (χ1n) is 5.90. The second kappa shape index (κ2) is 6.21. The van der Waals surface area contributed by atoms with Crippen molar-refractivity contribution < 1.29 is 4.79 Å². The van der Waals surface area contributed by atoms with Crippen molar-refractivity contribution in [2.45, 2.75) is 6.54 Å². The van der Waals surface area contributed by atoms with Crippen molar-refractivity contribution in [2.24, 2.45) is 5.73 Å². The first-order chi connectivity index (χ1) is 9.54. The van der Waals surface area contributed by atoms with Gasteiger partial charge >= 0.3 is 0 Å². The number of aromatic nitrogens is 2. The van der Waals surface area contributed by atoms with Crippen LogP contribution >= 0.6 is 11.6 Å². The third-order valence-corrected chi connectivity index (χ3v) is 2.78. The minimum absolute atomic E-state index is 0.0199. The van der Waals surface area contributed by atoms with Crippen LogP contribution in [0, 0.1) is 0 Å². The SMILES string of the molecule is NC(=O)CN(Cc1ccc(N)cc1)c1ncc(Cl)cn1. The van der Waals surface area contributed by atoms with E-state index in [1.54, 1.807) is 17.0 Å². The fraction of sp³-hybridized carbons (Fsp3) is 0.154. The van der Waals surface area contributed by atoms with Gasteiger partial charge in [-0.3, -0.25) is 4.79 Å². The van der Waals surface area contributed by atoms with Gasteiger partial charge in [-0.2, -0.15) is 0 Å². The molecular weight excluding hydrogens is 278 g/mol. The molecule has 0 aliphatic heterocycles. The van der Waals surface area contributed by atoms with Crippen LogP contribution < -0.4 is 16.4 Å². The van der Waals surface area contributed by atoms with Crippen molar-refractivity contribution in [2.75, 3.05) is 17.2 Å². The van der Waals surface area contributed by atoms with Crippen LogP contribution in [0.1, 0.15) is 5.56 Å². The number of hydrogen-bond donors (Lipinski definition) is 2. The third-order valence-electron chi connectivity index (χ3n) is 2.59. The number of nitrogens with two attached hydrogens (primary N) is 2. The van der Waals surface area contributed by atoms with Crippen LogP contribution in [0.15, 0.2) is 36.7 Å². The van der Waals surface area contributed by atoms with Gasteiger partial charge < -0.3 is 16.4 Å². The molecule has 0 spiro atoms. The zero-order valence-electron chi connectivity index (χ0n) is 10.7. The standard InChI is InChI=1S/C13H14ClN5O/c14-10-5-17-13(18-6-10)19(8-12(16)20)7-9-1-3-11(15)4-2-9/h1-6H,7-8,15H2,(H2,16,20). The van der Waals surface area contributed by atoms with Crippen LogP contribution in [0.3, 0.4) is 0 Å². The molecular formula is C13H14ClN5O. The van der Waals surface area contributed by atoms with Crippen LogP contribution in [-0.4, -0.2) is 22.4 Å². The lowest BCUT2D eigenvalue weighted by molar-refractivity contribution is -0.116. The molecule has 20 heavy (non-hydrogen) atoms. The average Bonchev–Trinajstić information content (AvgIpc) is 2.41. The van der Waals surface area contributed by atoms with Crippen LogP contribution in [0.5, 0.6) is 0 Å². The molecule has 0 radical (unpaired) electrons. The molecule has 6 nitrogen and oxygen atoms in total. The number of benzene rings is 1. The van der Waals surface area contributed by atoms with E-state index < -0.39 is 5.91 Å². The van der Waals surface area contributed by atoms with Crippen molar-refractivity contribution in [1.29, 1.82) is 0 Å². The highest BCUT2D eigenvalue weighted by Crippen LogP contribution is 2.14. The Morgan fingerprint density at radius 3 is 2.35 bits per heavy atom. The summed E-state index contributed by atoms with van der Waals surface area (Å²) >= 11 is 5.75. The maximum atomic E-state index is 11.2. The second-order valence-corrected chi connectivity index (χ2v) is 4.70. The van der Waals surface area contributed by atoms with E-state index in [0.717, 1.165) is 5.56 Å². The smallest absolute Gasteiger partial charge is 0.237 e. The zero-order valence-corrected chi connectivity index (χ0v) is 11.4. The Bertz CT molecular complexity index is 585. The molecule has 0 saturated carbocycles. The number of rotatable bonds is 5. The molecule has 104 valence electrons. The topological polar surface area (TPSA) is 98.1 Å². The van der Waals surface area contributed by atoms with Gasteiger partial charge in [0.1, 0.15) is 0 Å². The van der Waals surface area contributed by atoms with Crippen molar-refractivity contribution >= 4 is 29.1 Å². The van der Waals surface area contributed by atoms with Gasteiger partial charge in [0.15, 0.2) is 0 Å². The van der Waals surface area contributed by atoms with Gasteiger partial charge in [-0.25, -0.2) is 9.97 Å². The fourth-order valence-corrected chi connectivity index (χ4v) is 1.80. The number of carbonyl (C=O) groups is 1. The predicted octanol–water partition coefficient (Wildman–Crippen LogP) is 1.20. The summed E-state index contributed by atoms with van der Waals surface area (Å²) in [6.07, 6.45) is 2.95. The van der Waals surface area contributed by atoms with E-state index in [0.29, 0.717) is 23.2 Å². The van der Waals surface area contributed by atoms with Gasteiger partial charge in [0.05, 0.1) is 24.0 Å². The van der Waals surface area contributed by atoms with E-state index >= 15 is 0 Å². The molecule has 0 unspecified atom stereocenters. The molecule has 0 bridgehead atoms. The van der Waals surface area contributed by atoms with Gasteiger partial charge in [-0.05, 0) is 17.7 Å². The van der Waals surface area contributed by atoms with Crippen LogP contribution in [-0.2, 0) is 11.3 Å². The van der Waals surface area contributed by atoms with E-state index in [1.807, 2.05) is 12.1 Å². The number of hydrogen-bond acceptors (Lipinski definition) is 5. The van der Waals surface area contributed by atoms with E-state index in [-0.39, 0.29) is 6.54 Å². The van der Waals surface area contributed by atoms with Crippen molar-refractivity contribution in [3.8, 4) is 0 Å². The summed E-state index contributed by atoms with van der Waals surface area (Å²) in [6, 6.07) is 7.33. The van der Waals surface area contributed by atoms with Gasteiger partial charge in [-0.15, -0.1) is 0 Å². The number of halogens is 1. The molecule has 2 rings (SSSR count). The molecule has 0 aliphatic rings. The molecule has 0 fully saturated rings. The van der Waals surface area contributed by atoms with Gasteiger partial charge in [0.25, 0.3) is 0 Å². The Kier molecular flexibility index (Phi) is 4.37. The molecule has 4 N–H and O–H groups in total. The maximum Gasteiger partial charge on any atom is 0.237 e. The Balaban J connectivity index is 2.21. The normalized spacial score (nSPS) is 10.2. The number of nitrogens with zero attached hydrogens (tertiary/aromatic N) is 3. The first kappa shape index (κ1) is 14.1. The van der Waals surface area contributed by atoms with Crippen LogP contribution in [0.2, 0.25) is 5.02 Å². The molecule has 7 heteroatoms. The Morgan fingerprint density at radius 2 is 1.80 bits per heavy atom. The number of carbonyl (C=O) groups excluding carboxylic acids is 1. The van der Waals surface area contributed by atoms with Gasteiger partial charge in [0, 0.05) is 12.2 Å². The van der Waals surface area contributed by atoms with E-state index in [2.05, 4.69) is 9.97 Å². The largest absolute Gasteiger partial charge is 0.399 e. The summed E-state index contributed by atoms with van der Waals surface area (Å²) in [5.41, 5.74) is 12.5. The summed E-state index contributed by atoms with van der Waals surface area (Å²) in [6.45, 7) is 0.469. The number of nitrogen functional groups attached to an aromatic ring is 1. The Labute approximate surface area is 121 Å². The molecule has 2 aromatic rings. The summed E-state index contributed by atoms with van der Waals surface area (Å²) in [5, 5.41) is 0.431. The molecule has 0 atom stereocenters. The Morgan fingerprint density at radius 1 is 1.20 bits per heavy atom. The fourth-order valence-electron chi connectivity index (χ4n) is 1.70. The first-order valence-corrected chi connectivity index (χ1v) is 6.27. The minimum atomic E-state index is -0.459. The van der Waals surface area contributed by atoms with Gasteiger partial charge in [-0.1, -0.05) is 23.7 Å². The van der Waals surface area contributed by atoms with Crippen LogP contribution in [0.25, 0.3) is 0 Å². The van der Waals surface area contributed by atoms with Crippen LogP contribution in [0.4, 0.5) is 11.6 Å². The number of amides is 1. The maximum absolute atomic E-state index is 11.2. The molecule has 1 heterocycles. The summed E-state index contributed by atoms with van der Waals surface area (Å²) in [7, 11) is 0. The number of anilines is 2. The van der Waals surface area contributed by atoms with Crippen molar-refractivity contribution in [3.05, 3.63) is 47.2 Å². The molecule has 1 aromatic carbocycles. The van der Waals surface area contributed by atoms with E-state index in [4.69, 9.17) is 23.1 Å². The monoisotopic (exact) mass is 291 g/mol. The average molecular weight is 292 g/mol. The van der Waals surface area contributed by atoms with Crippen molar-refractivity contribution in [1.82, 2.24) is 9.97 Å². The zero-order chi connectivity index (χ0) is 14.5. The lowest BCUT2D eigenvalue weighted by atomic mass is 10.2. The summed E-state index contributed by atoms with van der Waals surface area (Å²) in [4.78, 5) is 21.0. The lowest BCUT2D eigenvalue weighted by Crippen LogP contribution is -2.34. The number of primary amides is 1. The quantitative estimate of drug-likeness (QED) is 0.807. The molecule has 1 aromatic heterocycles. The predicted molar refractivity (Wildman–Crippen MR) is 78.1 cm³/mol. The molecule has 1 amide bonds. The highest BCUT2D eigenvalue weighted by molar-refractivity contribution is 6.30. The molecule has 0 saturated heterocycles. The van der Waals surface area contributed by atoms with E-state index in [9.17, 15) is 4.79 Å². The minimum Gasteiger partial charge on any atom is -0.399 e. The second-order valence-electron chi connectivity index (χ2n) is 4.27. The van der Waals surface area contributed by atoms with E-state index in [1.165, 1.54) is 12.4 Å². The highest BCUT2D eigenvalue weighted by Gasteiger charge is 2.13. The Hall–Kier alpha value is -2.34. The third kappa shape index (κ3) is 3.83. The molecule has 0 aliphatic carbocycles. The van der Waals surface area contributed by atoms with Gasteiger partial charge in [0.2, 0.25) is 11.9 Å². The lowest BCUT2D eigenvalue weighted by Gasteiger charge is -2.21. The summed E-state index contributed by atoms with van der Waals surface area (Å²) in [5.74, 6) is -0.0657. The highest BCUT2D eigenvalue weighted by atomic mass is 35.5.